The van der Waals surface area contributed by atoms with Crippen LogP contribution in [-0.2, 0) is 33.3 Å². The van der Waals surface area contributed by atoms with Gasteiger partial charge in [0.05, 0.1) is 44.5 Å². The smallest absolute Gasteiger partial charge is 0.249 e. The van der Waals surface area contributed by atoms with Crippen molar-refractivity contribution in [3.8, 4) is 0 Å². The summed E-state index contributed by atoms with van der Waals surface area (Å²) in [6, 6.07) is -3.18. The fourth-order valence-corrected chi connectivity index (χ4v) is 5.83. The predicted molar refractivity (Wildman–Crippen MR) is 180 cm³/mol. The molecule has 12 atom stereocenters. The van der Waals surface area contributed by atoms with Crippen LogP contribution in [-0.4, -0.2) is 177 Å². The molecule has 20 heteroatoms. The third-order valence-corrected chi connectivity index (χ3v) is 8.70. The Bertz CT molecular complexity index is 1100. The van der Waals surface area contributed by atoms with Crippen LogP contribution >= 0.6 is 0 Å². The molecule has 1 saturated heterocycles. The number of nitrogens with zero attached hydrogens (tertiary/aromatic N) is 2. The number of carbonyl (C=O) groups excluding carboxylic acids is 1. The summed E-state index contributed by atoms with van der Waals surface area (Å²) in [5.74, 6) is 0.0953. The zero-order chi connectivity index (χ0) is 37.0. The summed E-state index contributed by atoms with van der Waals surface area (Å²) in [4.78, 5) is 19.5. The molecule has 15 N–H and O–H groups in total. The van der Waals surface area contributed by atoms with Crippen LogP contribution < -0.4 is 38.9 Å². The van der Waals surface area contributed by atoms with E-state index in [1.165, 1.54) is 6.92 Å². The van der Waals surface area contributed by atoms with Crippen LogP contribution in [0.4, 0.5) is 0 Å². The van der Waals surface area contributed by atoms with Gasteiger partial charge in [-0.2, -0.15) is 0 Å². The number of oxime groups is 1. The number of nitrogens with two attached hydrogens (primary N) is 4. The van der Waals surface area contributed by atoms with E-state index in [1.807, 2.05) is 6.08 Å². The number of nitrogens with one attached hydrogen (secondary N) is 3. The van der Waals surface area contributed by atoms with Crippen LogP contribution in [0.15, 0.2) is 17.0 Å². The van der Waals surface area contributed by atoms with Crippen LogP contribution in [0.1, 0.15) is 26.2 Å². The summed E-state index contributed by atoms with van der Waals surface area (Å²) >= 11 is 0. The van der Waals surface area contributed by atoms with Crippen molar-refractivity contribution in [2.75, 3.05) is 67.2 Å². The maximum Gasteiger partial charge on any atom is 0.249 e. The van der Waals surface area contributed by atoms with Gasteiger partial charge in [0.2, 0.25) is 18.2 Å². The SMILES string of the molecule is CN[C@@H]1[C@@H](O)[C@@H](O[C@@H]2[C@@H](O)[C@H](O[C@H]3OC(CNCCOCCON=C(N)N(C)C)=CC[C@H]3N)[C@@H](N)C[C@H]2NC(=O)[C@@H](O)CCN)OC[C@]1(C)O. The van der Waals surface area contributed by atoms with Gasteiger partial charge < -0.3 is 92.7 Å². The molecule has 20 nitrogen and oxygen atoms in total. The molecule has 0 aromatic heterocycles. The van der Waals surface area contributed by atoms with Gasteiger partial charge in [-0.25, -0.2) is 0 Å². The molecule has 0 aromatic rings. The van der Waals surface area contributed by atoms with Crippen LogP contribution in [0.2, 0.25) is 0 Å². The first-order valence-electron chi connectivity index (χ1n) is 16.8. The van der Waals surface area contributed by atoms with Gasteiger partial charge in [-0.15, -0.1) is 0 Å². The summed E-state index contributed by atoms with van der Waals surface area (Å²) in [5, 5.41) is 56.1. The number of aliphatic hydroxyl groups excluding tert-OH is 3. The first-order chi connectivity index (χ1) is 23.7. The molecule has 0 aromatic carbocycles. The largest absolute Gasteiger partial charge is 0.467 e. The number of carbonyl (C=O) groups is 1. The number of ether oxygens (including phenoxy) is 5. The fraction of sp³-hybridized carbons (Fsp3) is 0.867. The van der Waals surface area contributed by atoms with E-state index in [0.29, 0.717) is 38.5 Å². The number of amides is 1. The van der Waals surface area contributed by atoms with Crippen LogP contribution in [0.5, 0.6) is 0 Å². The van der Waals surface area contributed by atoms with Gasteiger partial charge in [0.25, 0.3) is 0 Å². The molecule has 0 unspecified atom stereocenters. The van der Waals surface area contributed by atoms with Crippen LogP contribution in [0.3, 0.4) is 0 Å². The lowest BCUT2D eigenvalue weighted by atomic mass is 9.83. The van der Waals surface area contributed by atoms with Crippen molar-refractivity contribution in [1.29, 1.82) is 0 Å². The van der Waals surface area contributed by atoms with Crippen molar-refractivity contribution >= 4 is 11.9 Å². The normalized spacial score (nSPS) is 35.5. The van der Waals surface area contributed by atoms with Crippen molar-refractivity contribution in [2.24, 2.45) is 28.1 Å². The summed E-state index contributed by atoms with van der Waals surface area (Å²) in [7, 11) is 5.08. The Morgan fingerprint density at radius 2 is 1.86 bits per heavy atom. The fourth-order valence-electron chi connectivity index (χ4n) is 5.83. The van der Waals surface area contributed by atoms with E-state index in [1.54, 1.807) is 26.0 Å². The monoisotopic (exact) mass is 721 g/mol. The highest BCUT2D eigenvalue weighted by molar-refractivity contribution is 5.80. The second-order valence-electron chi connectivity index (χ2n) is 13.1. The molecular weight excluding hydrogens is 662 g/mol. The molecule has 1 saturated carbocycles. The number of hydrogen-bond donors (Lipinski definition) is 11. The quantitative estimate of drug-likeness (QED) is 0.0272. The topological polar surface area (TPSA) is 309 Å². The minimum atomic E-state index is -1.48. The third-order valence-electron chi connectivity index (χ3n) is 8.70. The number of guanidine groups is 1. The Morgan fingerprint density at radius 3 is 2.54 bits per heavy atom. The molecule has 1 amide bonds. The first-order valence-corrected chi connectivity index (χ1v) is 16.8. The average Bonchev–Trinajstić information content (AvgIpc) is 3.06. The lowest BCUT2D eigenvalue weighted by Gasteiger charge is -2.48. The van der Waals surface area contributed by atoms with E-state index in [2.05, 4.69) is 21.1 Å². The number of rotatable bonds is 18. The van der Waals surface area contributed by atoms with Crippen molar-refractivity contribution in [3.63, 3.8) is 0 Å². The Labute approximate surface area is 292 Å². The van der Waals surface area contributed by atoms with Gasteiger partial charge >= 0.3 is 0 Å². The Morgan fingerprint density at radius 1 is 1.14 bits per heavy atom. The number of hydrogen-bond acceptors (Lipinski definition) is 17. The van der Waals surface area contributed by atoms with Crippen molar-refractivity contribution in [1.82, 2.24) is 20.9 Å². The number of aliphatic hydroxyl groups is 4. The summed E-state index contributed by atoms with van der Waals surface area (Å²) in [6.07, 6.45) is -6.50. The number of likely N-dealkylation sites (N-methyl/N-ethyl adjacent to an activating group) is 1. The van der Waals surface area contributed by atoms with E-state index in [9.17, 15) is 25.2 Å². The Hall–Kier alpha value is -2.44. The first kappa shape index (κ1) is 42.0. The molecule has 2 heterocycles. The summed E-state index contributed by atoms with van der Waals surface area (Å²) < 4.78 is 29.5. The minimum Gasteiger partial charge on any atom is -0.467 e. The van der Waals surface area contributed by atoms with E-state index >= 15 is 0 Å². The Balaban J connectivity index is 1.60. The molecule has 2 aliphatic heterocycles. The van der Waals surface area contributed by atoms with E-state index in [-0.39, 0.29) is 38.6 Å². The second-order valence-corrected chi connectivity index (χ2v) is 13.1. The second kappa shape index (κ2) is 20.0. The highest BCUT2D eigenvalue weighted by Gasteiger charge is 2.52. The maximum atomic E-state index is 12.8. The summed E-state index contributed by atoms with van der Waals surface area (Å²) in [6.45, 7) is 3.23. The van der Waals surface area contributed by atoms with E-state index < -0.39 is 78.8 Å². The zero-order valence-corrected chi connectivity index (χ0v) is 29.3. The van der Waals surface area contributed by atoms with Gasteiger partial charge in [0.1, 0.15) is 48.5 Å². The van der Waals surface area contributed by atoms with Gasteiger partial charge in [0, 0.05) is 26.7 Å². The third kappa shape index (κ3) is 11.8. The standard InChI is InChI=1S/C30H59N9O11/c1-30(44)15-46-28(22(42)25(30)35-2)50-24-19(37-26(43)20(40)7-8-31)13-18(33)23(21(24)41)49-27-17(32)6-5-16(48-27)14-36-9-10-45-11-12-47-38-29(34)39(3)4/h5,17-25,27-28,35-36,40-42,44H,6-15,31-33H2,1-4H3,(H2,34,38)(H,37,43)/t17-,18+,19-,20+,21+,22-,23-,24+,25-,27-,28-,30+/m1/s1. The molecule has 3 rings (SSSR count). The van der Waals surface area contributed by atoms with Crippen molar-refractivity contribution < 1.29 is 53.7 Å². The molecule has 0 spiro atoms. The molecule has 290 valence electrons. The molecule has 3 aliphatic rings. The van der Waals surface area contributed by atoms with Crippen molar-refractivity contribution in [3.05, 3.63) is 11.8 Å². The zero-order valence-electron chi connectivity index (χ0n) is 29.3. The molecule has 2 fully saturated rings. The van der Waals surface area contributed by atoms with E-state index in [4.69, 9.17) is 51.5 Å². The van der Waals surface area contributed by atoms with Gasteiger partial charge in [-0.1, -0.05) is 0 Å². The van der Waals surface area contributed by atoms with Gasteiger partial charge in [-0.3, -0.25) is 4.79 Å². The highest BCUT2D eigenvalue weighted by Crippen LogP contribution is 2.32. The van der Waals surface area contributed by atoms with E-state index in [0.717, 1.165) is 0 Å². The van der Waals surface area contributed by atoms with Gasteiger partial charge in [-0.05, 0) is 51.0 Å². The molecular formula is C30H59N9O11. The lowest BCUT2D eigenvalue weighted by molar-refractivity contribution is -0.304. The van der Waals surface area contributed by atoms with Crippen molar-refractivity contribution in [2.45, 2.75) is 99.1 Å². The lowest BCUT2D eigenvalue weighted by Crippen LogP contribution is -2.69. The molecule has 1 aliphatic carbocycles. The Kier molecular flexibility index (Phi) is 16.8. The van der Waals surface area contributed by atoms with Crippen LogP contribution in [0.25, 0.3) is 0 Å². The predicted octanol–water partition coefficient (Wildman–Crippen LogP) is -5.53. The average molecular weight is 722 g/mol. The molecule has 50 heavy (non-hydrogen) atoms. The molecule has 0 radical (unpaired) electrons. The van der Waals surface area contributed by atoms with Gasteiger partial charge in [0.15, 0.2) is 6.29 Å². The highest BCUT2D eigenvalue weighted by atomic mass is 16.7. The maximum absolute atomic E-state index is 12.8. The summed E-state index contributed by atoms with van der Waals surface area (Å²) in [5.41, 5.74) is 22.6. The minimum absolute atomic E-state index is 0.0140. The molecule has 0 bridgehead atoms. The van der Waals surface area contributed by atoms with Crippen LogP contribution in [0, 0.1) is 0 Å².